The summed E-state index contributed by atoms with van der Waals surface area (Å²) in [5, 5.41) is 4.59. The number of para-hydroxylation sites is 1. The lowest BCUT2D eigenvalue weighted by Crippen LogP contribution is -2.29. The lowest BCUT2D eigenvalue weighted by molar-refractivity contribution is 0.130. The van der Waals surface area contributed by atoms with Crippen molar-refractivity contribution in [3.63, 3.8) is 0 Å². The third-order valence-corrected chi connectivity index (χ3v) is 4.80. The van der Waals surface area contributed by atoms with Crippen LogP contribution in [0, 0.1) is 5.92 Å². The van der Waals surface area contributed by atoms with E-state index < -0.39 is 0 Å². The van der Waals surface area contributed by atoms with Crippen LogP contribution >= 0.6 is 0 Å². The Bertz CT molecular complexity index is 653. The zero-order valence-electron chi connectivity index (χ0n) is 13.9. The number of aromatic nitrogens is 2. The Balaban J connectivity index is 1.75. The van der Waals surface area contributed by atoms with Gasteiger partial charge in [-0.15, -0.1) is 0 Å². The van der Waals surface area contributed by atoms with Crippen molar-refractivity contribution in [1.29, 1.82) is 0 Å². The molecule has 2 N–H and O–H groups in total. The normalized spacial score (nSPS) is 20.3. The van der Waals surface area contributed by atoms with Gasteiger partial charge in [-0.05, 0) is 37.7 Å². The first kappa shape index (κ1) is 15.9. The number of hydrogen-bond acceptors (Lipinski definition) is 4. The van der Waals surface area contributed by atoms with E-state index in [1.807, 2.05) is 24.4 Å². The number of nitrogens with zero attached hydrogens (tertiary/aromatic N) is 2. The highest BCUT2D eigenvalue weighted by atomic mass is 16.5. The van der Waals surface area contributed by atoms with Crippen molar-refractivity contribution >= 4 is 5.69 Å². The summed E-state index contributed by atoms with van der Waals surface area (Å²) in [6, 6.07) is 6.33. The zero-order valence-corrected chi connectivity index (χ0v) is 13.9. The lowest BCUT2D eigenvalue weighted by atomic mass is 9.77. The van der Waals surface area contributed by atoms with Crippen LogP contribution in [0.3, 0.4) is 0 Å². The summed E-state index contributed by atoms with van der Waals surface area (Å²) in [4.78, 5) is 0. The number of nitrogen functional groups attached to an aromatic ring is 1. The number of anilines is 1. The third-order valence-electron chi connectivity index (χ3n) is 4.80. The van der Waals surface area contributed by atoms with Crippen LogP contribution in [0.1, 0.15) is 31.7 Å². The minimum absolute atomic E-state index is 0.507. The van der Waals surface area contributed by atoms with Crippen molar-refractivity contribution in [2.75, 3.05) is 26.6 Å². The second-order valence-corrected chi connectivity index (χ2v) is 6.18. The molecule has 1 fully saturated rings. The minimum Gasteiger partial charge on any atom is -0.494 e. The molecule has 1 aliphatic rings. The van der Waals surface area contributed by atoms with Crippen LogP contribution in [-0.2, 0) is 4.74 Å². The molecule has 0 spiro atoms. The van der Waals surface area contributed by atoms with Crippen molar-refractivity contribution < 1.29 is 9.47 Å². The molecule has 0 amide bonds. The molecule has 1 aromatic heterocycles. The largest absolute Gasteiger partial charge is 0.494 e. The van der Waals surface area contributed by atoms with Crippen LogP contribution in [0.4, 0.5) is 5.69 Å². The number of nitrogens with two attached hydrogens (primary N) is 1. The number of hydrogen-bond donors (Lipinski definition) is 1. The Hall–Kier alpha value is -2.01. The quantitative estimate of drug-likeness (QED) is 0.627. The van der Waals surface area contributed by atoms with E-state index in [1.54, 1.807) is 14.2 Å². The molecule has 0 radical (unpaired) electrons. The fourth-order valence-corrected chi connectivity index (χ4v) is 3.39. The maximum absolute atomic E-state index is 6.00. The zero-order chi connectivity index (χ0) is 16.2. The van der Waals surface area contributed by atoms with Gasteiger partial charge in [0.2, 0.25) is 0 Å². The summed E-state index contributed by atoms with van der Waals surface area (Å²) in [6.45, 7) is 0.841. The van der Waals surface area contributed by atoms with Crippen LogP contribution in [0.5, 0.6) is 5.75 Å². The predicted molar refractivity (Wildman–Crippen MR) is 91.5 cm³/mol. The Morgan fingerprint density at radius 2 is 2.17 bits per heavy atom. The average Bonchev–Trinajstić information content (AvgIpc) is 2.99. The van der Waals surface area contributed by atoms with E-state index in [9.17, 15) is 0 Å². The van der Waals surface area contributed by atoms with Gasteiger partial charge < -0.3 is 15.2 Å². The molecule has 1 unspecified atom stereocenters. The van der Waals surface area contributed by atoms with E-state index in [4.69, 9.17) is 15.2 Å². The van der Waals surface area contributed by atoms with E-state index in [1.165, 1.54) is 19.3 Å². The van der Waals surface area contributed by atoms with Crippen LogP contribution in [0.15, 0.2) is 30.6 Å². The first-order chi connectivity index (χ1) is 11.2. The van der Waals surface area contributed by atoms with Crippen LogP contribution in [-0.4, -0.2) is 30.6 Å². The predicted octanol–water partition coefficient (Wildman–Crippen LogP) is 3.52. The molecular formula is C18H25N3O2. The van der Waals surface area contributed by atoms with E-state index >= 15 is 0 Å². The standard InChI is InChI=1S/C18H25N3O2/c1-22-10-4-5-13-8-9-17(13)21-12-14(11-20-21)15-6-3-7-16(19)18(15)23-2/h3,6-7,11-13,17H,4-5,8-10,19H2,1-2H3/t13?,17-/m1/s1. The average molecular weight is 315 g/mol. The molecule has 1 aliphatic carbocycles. The van der Waals surface area contributed by atoms with Gasteiger partial charge >= 0.3 is 0 Å². The molecule has 1 heterocycles. The van der Waals surface area contributed by atoms with E-state index in [-0.39, 0.29) is 0 Å². The summed E-state index contributed by atoms with van der Waals surface area (Å²) in [5.74, 6) is 1.43. The molecule has 0 saturated heterocycles. The van der Waals surface area contributed by atoms with Gasteiger partial charge in [-0.1, -0.05) is 12.1 Å². The van der Waals surface area contributed by atoms with Gasteiger partial charge in [-0.3, -0.25) is 4.68 Å². The summed E-state index contributed by atoms with van der Waals surface area (Å²) in [7, 11) is 3.41. The fraction of sp³-hybridized carbons (Fsp3) is 0.500. The van der Waals surface area contributed by atoms with E-state index in [0.29, 0.717) is 17.6 Å². The van der Waals surface area contributed by atoms with Crippen molar-refractivity contribution in [2.45, 2.75) is 31.7 Å². The van der Waals surface area contributed by atoms with Gasteiger partial charge in [-0.25, -0.2) is 0 Å². The fourth-order valence-electron chi connectivity index (χ4n) is 3.39. The van der Waals surface area contributed by atoms with E-state index in [2.05, 4.69) is 16.0 Å². The highest BCUT2D eigenvalue weighted by Crippen LogP contribution is 2.42. The number of rotatable bonds is 7. The second kappa shape index (κ2) is 7.04. The van der Waals surface area contributed by atoms with Crippen molar-refractivity contribution in [3.8, 4) is 16.9 Å². The Kier molecular flexibility index (Phi) is 4.86. The Labute approximate surface area is 137 Å². The molecule has 3 rings (SSSR count). The molecule has 2 aromatic rings. The molecule has 1 saturated carbocycles. The molecule has 0 aliphatic heterocycles. The highest BCUT2D eigenvalue weighted by molar-refractivity contribution is 5.76. The second-order valence-electron chi connectivity index (χ2n) is 6.18. The van der Waals surface area contributed by atoms with Crippen molar-refractivity contribution in [1.82, 2.24) is 9.78 Å². The lowest BCUT2D eigenvalue weighted by Gasteiger charge is -2.36. The monoisotopic (exact) mass is 315 g/mol. The van der Waals surface area contributed by atoms with E-state index in [0.717, 1.165) is 29.9 Å². The van der Waals surface area contributed by atoms with Gasteiger partial charge in [0.15, 0.2) is 0 Å². The summed E-state index contributed by atoms with van der Waals surface area (Å²) in [5.41, 5.74) is 8.70. The molecule has 0 bridgehead atoms. The molecule has 2 atom stereocenters. The molecular weight excluding hydrogens is 290 g/mol. The van der Waals surface area contributed by atoms with Crippen LogP contribution in [0.25, 0.3) is 11.1 Å². The Morgan fingerprint density at radius 1 is 1.30 bits per heavy atom. The van der Waals surface area contributed by atoms with Crippen molar-refractivity contribution in [3.05, 3.63) is 30.6 Å². The molecule has 1 aromatic carbocycles. The molecule has 23 heavy (non-hydrogen) atoms. The summed E-state index contributed by atoms with van der Waals surface area (Å²) in [6.07, 6.45) is 8.83. The number of benzene rings is 1. The maximum atomic E-state index is 6.00. The first-order valence-electron chi connectivity index (χ1n) is 8.20. The summed E-state index contributed by atoms with van der Waals surface area (Å²) >= 11 is 0. The summed E-state index contributed by atoms with van der Waals surface area (Å²) < 4.78 is 12.7. The first-order valence-corrected chi connectivity index (χ1v) is 8.20. The van der Waals surface area contributed by atoms with Crippen molar-refractivity contribution in [2.24, 2.45) is 5.92 Å². The van der Waals surface area contributed by atoms with Crippen LogP contribution < -0.4 is 10.5 Å². The Morgan fingerprint density at radius 3 is 2.87 bits per heavy atom. The smallest absolute Gasteiger partial charge is 0.149 e. The topological polar surface area (TPSA) is 62.3 Å². The molecule has 124 valence electrons. The maximum Gasteiger partial charge on any atom is 0.149 e. The third kappa shape index (κ3) is 3.20. The van der Waals surface area contributed by atoms with Gasteiger partial charge in [0, 0.05) is 31.0 Å². The molecule has 5 heteroatoms. The van der Waals surface area contributed by atoms with Gasteiger partial charge in [0.1, 0.15) is 5.75 Å². The molecule has 5 nitrogen and oxygen atoms in total. The highest BCUT2D eigenvalue weighted by Gasteiger charge is 2.32. The SMILES string of the molecule is COCCCC1CC[C@H]1n1cc(-c2cccc(N)c2OC)cn1. The van der Waals surface area contributed by atoms with Gasteiger partial charge in [0.25, 0.3) is 0 Å². The minimum atomic E-state index is 0.507. The van der Waals surface area contributed by atoms with Crippen LogP contribution in [0.2, 0.25) is 0 Å². The number of methoxy groups -OCH3 is 2. The van der Waals surface area contributed by atoms with Gasteiger partial charge in [0.05, 0.1) is 25.0 Å². The van der Waals surface area contributed by atoms with Gasteiger partial charge in [-0.2, -0.15) is 5.10 Å². The number of ether oxygens (including phenoxy) is 2.